The minimum absolute atomic E-state index is 0.121. The summed E-state index contributed by atoms with van der Waals surface area (Å²) in [4.78, 5) is 16.3. The molecule has 1 aliphatic rings. The highest BCUT2D eigenvalue weighted by Crippen LogP contribution is 2.21. The summed E-state index contributed by atoms with van der Waals surface area (Å²) in [6.07, 6.45) is 8.05. The number of rotatable bonds is 3. The van der Waals surface area contributed by atoms with Gasteiger partial charge in [-0.05, 0) is 45.7 Å². The second-order valence-electron chi connectivity index (χ2n) is 6.61. The Balaban J connectivity index is 2.01. The molecular weight excluding hydrogens is 250 g/mol. The standard InChI is InChI=1S/C16H25N3O/c1-16(2,3)19-15(20)14-11-13(9-10-17-14)18-12-7-5-4-6-8-12/h9-12H,4-8H2,1-3H3,(H,17,18)(H,19,20). The number of hydrogen-bond donors (Lipinski definition) is 2. The molecule has 0 atom stereocenters. The average molecular weight is 275 g/mol. The van der Waals surface area contributed by atoms with Gasteiger partial charge in [-0.15, -0.1) is 0 Å². The molecule has 0 unspecified atom stereocenters. The first kappa shape index (κ1) is 14.8. The fourth-order valence-electron chi connectivity index (χ4n) is 2.53. The van der Waals surface area contributed by atoms with Crippen LogP contribution in [0.1, 0.15) is 63.4 Å². The van der Waals surface area contributed by atoms with Crippen molar-refractivity contribution in [3.63, 3.8) is 0 Å². The normalized spacial score (nSPS) is 16.8. The van der Waals surface area contributed by atoms with Crippen LogP contribution in [0.15, 0.2) is 18.3 Å². The van der Waals surface area contributed by atoms with Crippen LogP contribution in [0.2, 0.25) is 0 Å². The monoisotopic (exact) mass is 275 g/mol. The van der Waals surface area contributed by atoms with E-state index in [0.29, 0.717) is 11.7 Å². The lowest BCUT2D eigenvalue weighted by atomic mass is 9.95. The van der Waals surface area contributed by atoms with Gasteiger partial charge in [0.05, 0.1) is 0 Å². The van der Waals surface area contributed by atoms with Gasteiger partial charge in [-0.1, -0.05) is 19.3 Å². The zero-order chi connectivity index (χ0) is 14.6. The first-order valence-electron chi connectivity index (χ1n) is 7.49. The zero-order valence-electron chi connectivity index (χ0n) is 12.7. The molecule has 1 amide bonds. The molecule has 1 heterocycles. The molecule has 0 bridgehead atoms. The van der Waals surface area contributed by atoms with E-state index in [4.69, 9.17) is 0 Å². The highest BCUT2D eigenvalue weighted by molar-refractivity contribution is 5.93. The Morgan fingerprint density at radius 2 is 1.95 bits per heavy atom. The van der Waals surface area contributed by atoms with Gasteiger partial charge in [-0.2, -0.15) is 0 Å². The van der Waals surface area contributed by atoms with Crippen molar-refractivity contribution in [2.24, 2.45) is 0 Å². The molecule has 20 heavy (non-hydrogen) atoms. The van der Waals surface area contributed by atoms with Crippen molar-refractivity contribution >= 4 is 11.6 Å². The maximum atomic E-state index is 12.1. The number of aromatic nitrogens is 1. The number of nitrogens with zero attached hydrogens (tertiary/aromatic N) is 1. The van der Waals surface area contributed by atoms with Gasteiger partial charge in [0.25, 0.3) is 5.91 Å². The minimum atomic E-state index is -0.244. The third kappa shape index (κ3) is 4.51. The van der Waals surface area contributed by atoms with Gasteiger partial charge in [0.2, 0.25) is 0 Å². The molecule has 0 radical (unpaired) electrons. The fourth-order valence-corrected chi connectivity index (χ4v) is 2.53. The van der Waals surface area contributed by atoms with Crippen molar-refractivity contribution < 1.29 is 4.79 Å². The van der Waals surface area contributed by atoms with Crippen molar-refractivity contribution in [1.82, 2.24) is 10.3 Å². The second-order valence-corrected chi connectivity index (χ2v) is 6.61. The molecule has 0 saturated heterocycles. The van der Waals surface area contributed by atoms with Gasteiger partial charge < -0.3 is 10.6 Å². The smallest absolute Gasteiger partial charge is 0.270 e. The highest BCUT2D eigenvalue weighted by atomic mass is 16.2. The van der Waals surface area contributed by atoms with E-state index in [9.17, 15) is 4.79 Å². The molecule has 4 nitrogen and oxygen atoms in total. The summed E-state index contributed by atoms with van der Waals surface area (Å²) in [6, 6.07) is 4.31. The van der Waals surface area contributed by atoms with Crippen molar-refractivity contribution in [3.05, 3.63) is 24.0 Å². The SMILES string of the molecule is CC(C)(C)NC(=O)c1cc(NC2CCCCC2)ccn1. The highest BCUT2D eigenvalue weighted by Gasteiger charge is 2.17. The number of carbonyl (C=O) groups excluding carboxylic acids is 1. The number of amides is 1. The third-order valence-electron chi connectivity index (χ3n) is 3.46. The first-order valence-corrected chi connectivity index (χ1v) is 7.49. The molecular formula is C16H25N3O. The van der Waals surface area contributed by atoms with E-state index in [1.165, 1.54) is 32.1 Å². The van der Waals surface area contributed by atoms with Crippen LogP contribution in [0, 0.1) is 0 Å². The summed E-state index contributed by atoms with van der Waals surface area (Å²) in [6.45, 7) is 5.90. The molecule has 2 N–H and O–H groups in total. The molecule has 1 aliphatic carbocycles. The lowest BCUT2D eigenvalue weighted by molar-refractivity contribution is 0.0914. The Bertz CT molecular complexity index is 459. The van der Waals surface area contributed by atoms with Crippen LogP contribution in [0.25, 0.3) is 0 Å². The van der Waals surface area contributed by atoms with E-state index in [1.54, 1.807) is 6.20 Å². The predicted molar refractivity (Wildman–Crippen MR) is 82.0 cm³/mol. The van der Waals surface area contributed by atoms with Crippen LogP contribution in [0.3, 0.4) is 0 Å². The van der Waals surface area contributed by atoms with E-state index in [2.05, 4.69) is 15.6 Å². The van der Waals surface area contributed by atoms with Gasteiger partial charge in [0, 0.05) is 23.5 Å². The van der Waals surface area contributed by atoms with Gasteiger partial charge in [-0.3, -0.25) is 9.78 Å². The summed E-state index contributed by atoms with van der Waals surface area (Å²) in [5.41, 5.74) is 1.22. The topological polar surface area (TPSA) is 54.0 Å². The molecule has 0 spiro atoms. The molecule has 0 aromatic carbocycles. The molecule has 1 aromatic heterocycles. The van der Waals surface area contributed by atoms with Crippen molar-refractivity contribution in [2.75, 3.05) is 5.32 Å². The molecule has 4 heteroatoms. The van der Waals surface area contributed by atoms with Crippen molar-refractivity contribution in [3.8, 4) is 0 Å². The molecule has 1 saturated carbocycles. The van der Waals surface area contributed by atoms with Gasteiger partial charge in [0.15, 0.2) is 0 Å². The zero-order valence-corrected chi connectivity index (χ0v) is 12.7. The molecule has 1 fully saturated rings. The third-order valence-corrected chi connectivity index (χ3v) is 3.46. The maximum Gasteiger partial charge on any atom is 0.270 e. The van der Waals surface area contributed by atoms with E-state index in [0.717, 1.165) is 5.69 Å². The van der Waals surface area contributed by atoms with E-state index >= 15 is 0 Å². The predicted octanol–water partition coefficient (Wildman–Crippen LogP) is 3.35. The first-order chi connectivity index (χ1) is 9.44. The van der Waals surface area contributed by atoms with Crippen molar-refractivity contribution in [2.45, 2.75) is 64.5 Å². The Labute approximate surface area is 121 Å². The lowest BCUT2D eigenvalue weighted by Crippen LogP contribution is -2.40. The fraction of sp³-hybridized carbons (Fsp3) is 0.625. The summed E-state index contributed by atoms with van der Waals surface area (Å²) >= 11 is 0. The Kier molecular flexibility index (Phi) is 4.63. The van der Waals surface area contributed by atoms with Crippen LogP contribution in [-0.2, 0) is 0 Å². The number of carbonyl (C=O) groups is 1. The molecule has 110 valence electrons. The number of anilines is 1. The number of nitrogens with one attached hydrogen (secondary N) is 2. The summed E-state index contributed by atoms with van der Waals surface area (Å²) in [5.74, 6) is -0.121. The van der Waals surface area contributed by atoms with Gasteiger partial charge in [0.1, 0.15) is 5.69 Å². The van der Waals surface area contributed by atoms with Crippen LogP contribution in [0.4, 0.5) is 5.69 Å². The maximum absolute atomic E-state index is 12.1. The Morgan fingerprint density at radius 1 is 1.25 bits per heavy atom. The quantitative estimate of drug-likeness (QED) is 0.889. The van der Waals surface area contributed by atoms with Gasteiger partial charge in [-0.25, -0.2) is 0 Å². The Morgan fingerprint density at radius 3 is 2.60 bits per heavy atom. The molecule has 0 aliphatic heterocycles. The van der Waals surface area contributed by atoms with Crippen LogP contribution >= 0.6 is 0 Å². The summed E-state index contributed by atoms with van der Waals surface area (Å²) in [5, 5.41) is 6.46. The van der Waals surface area contributed by atoms with Crippen molar-refractivity contribution in [1.29, 1.82) is 0 Å². The molecule has 1 aromatic rings. The number of pyridine rings is 1. The van der Waals surface area contributed by atoms with Crippen LogP contribution in [-0.4, -0.2) is 22.5 Å². The van der Waals surface area contributed by atoms with E-state index < -0.39 is 0 Å². The van der Waals surface area contributed by atoms with Crippen LogP contribution < -0.4 is 10.6 Å². The summed E-state index contributed by atoms with van der Waals surface area (Å²) in [7, 11) is 0. The summed E-state index contributed by atoms with van der Waals surface area (Å²) < 4.78 is 0. The lowest BCUT2D eigenvalue weighted by Gasteiger charge is -2.24. The molecule has 2 rings (SSSR count). The second kappa shape index (κ2) is 6.25. The van der Waals surface area contributed by atoms with Crippen LogP contribution in [0.5, 0.6) is 0 Å². The number of hydrogen-bond acceptors (Lipinski definition) is 3. The van der Waals surface area contributed by atoms with Gasteiger partial charge >= 0.3 is 0 Å². The minimum Gasteiger partial charge on any atom is -0.382 e. The average Bonchev–Trinajstić information content (AvgIpc) is 2.38. The Hall–Kier alpha value is -1.58. The van der Waals surface area contributed by atoms with E-state index in [-0.39, 0.29) is 11.4 Å². The van der Waals surface area contributed by atoms with E-state index in [1.807, 2.05) is 32.9 Å². The largest absolute Gasteiger partial charge is 0.382 e.